The zero-order valence-electron chi connectivity index (χ0n) is 12.8. The molecule has 0 saturated heterocycles. The number of carbonyl (C=O) groups is 1. The maximum absolute atomic E-state index is 12.4. The molecule has 0 saturated carbocycles. The van der Waals surface area contributed by atoms with Crippen molar-refractivity contribution in [3.63, 3.8) is 0 Å². The number of ether oxygens (including phenoxy) is 1. The number of carbonyl (C=O) groups excluding carboxylic acids is 1. The lowest BCUT2D eigenvalue weighted by atomic mass is 10.2. The Hall–Kier alpha value is -1.20. The fraction of sp³-hybridized carbons (Fsp3) is 0.533. The highest BCUT2D eigenvalue weighted by atomic mass is 31.2. The summed E-state index contributed by atoms with van der Waals surface area (Å²) in [6.07, 6.45) is -0.280. The zero-order valence-corrected chi connectivity index (χ0v) is 13.6. The van der Waals surface area contributed by atoms with Crippen LogP contribution >= 0.6 is 7.14 Å². The summed E-state index contributed by atoms with van der Waals surface area (Å²) in [6.45, 7) is 2.63. The van der Waals surface area contributed by atoms with Gasteiger partial charge in [0.1, 0.15) is 24.1 Å². The number of hydrogen-bond acceptors (Lipinski definition) is 6. The normalized spacial score (nSPS) is 18.0. The molecule has 124 valence electrons. The minimum absolute atomic E-state index is 0.125. The third-order valence-electron chi connectivity index (χ3n) is 3.48. The number of benzene rings is 1. The quantitative estimate of drug-likeness (QED) is 0.496. The first-order valence-corrected chi connectivity index (χ1v) is 9.02. The van der Waals surface area contributed by atoms with Crippen molar-refractivity contribution in [1.82, 2.24) is 0 Å². The van der Waals surface area contributed by atoms with Crippen LogP contribution in [0.25, 0.3) is 0 Å². The van der Waals surface area contributed by atoms with Crippen molar-refractivity contribution in [1.29, 1.82) is 0 Å². The molecule has 7 heteroatoms. The van der Waals surface area contributed by atoms with Crippen LogP contribution in [0, 0.1) is 0 Å². The Morgan fingerprint density at radius 1 is 1.14 bits per heavy atom. The molecule has 0 aliphatic rings. The Bertz CT molecular complexity index is 502. The van der Waals surface area contributed by atoms with Gasteiger partial charge in [-0.25, -0.2) is 0 Å². The first-order chi connectivity index (χ1) is 10.3. The lowest BCUT2D eigenvalue weighted by Crippen LogP contribution is -2.24. The van der Waals surface area contributed by atoms with Gasteiger partial charge in [-0.05, 0) is 25.8 Å². The highest BCUT2D eigenvalue weighted by Crippen LogP contribution is 2.57. The Kier molecular flexibility index (Phi) is 7.23. The number of hydrogen-bond donors (Lipinski definition) is 3. The van der Waals surface area contributed by atoms with Crippen LogP contribution in [-0.2, 0) is 20.7 Å². The summed E-state index contributed by atoms with van der Waals surface area (Å²) >= 11 is 0. The molecule has 1 aromatic carbocycles. The molecule has 0 aromatic heterocycles. The highest BCUT2D eigenvalue weighted by Gasteiger charge is 2.40. The van der Waals surface area contributed by atoms with Crippen LogP contribution in [0.15, 0.2) is 30.3 Å². The van der Waals surface area contributed by atoms with E-state index in [1.54, 1.807) is 0 Å². The van der Waals surface area contributed by atoms with Gasteiger partial charge in [-0.2, -0.15) is 0 Å². The fourth-order valence-corrected chi connectivity index (χ4v) is 4.22. The summed E-state index contributed by atoms with van der Waals surface area (Å²) in [4.78, 5) is 11.6. The van der Waals surface area contributed by atoms with E-state index in [4.69, 9.17) is 4.74 Å². The van der Waals surface area contributed by atoms with E-state index in [1.165, 1.54) is 13.8 Å². The van der Waals surface area contributed by atoms with Gasteiger partial charge in [0.2, 0.25) is 0 Å². The van der Waals surface area contributed by atoms with Crippen molar-refractivity contribution < 1.29 is 29.4 Å². The van der Waals surface area contributed by atoms with E-state index in [-0.39, 0.29) is 19.4 Å². The molecule has 3 unspecified atom stereocenters. The predicted octanol–water partition coefficient (Wildman–Crippen LogP) is 1.87. The molecule has 6 nitrogen and oxygen atoms in total. The molecule has 22 heavy (non-hydrogen) atoms. The average Bonchev–Trinajstić information content (AvgIpc) is 2.50. The van der Waals surface area contributed by atoms with Crippen LogP contribution in [0.2, 0.25) is 0 Å². The van der Waals surface area contributed by atoms with Gasteiger partial charge in [-0.1, -0.05) is 30.3 Å². The van der Waals surface area contributed by atoms with Crippen molar-refractivity contribution in [2.24, 2.45) is 0 Å². The maximum Gasteiger partial charge on any atom is 0.306 e. The number of rotatable bonds is 8. The van der Waals surface area contributed by atoms with E-state index in [1.807, 2.05) is 30.3 Å². The van der Waals surface area contributed by atoms with E-state index in [2.05, 4.69) is 0 Å². The summed E-state index contributed by atoms with van der Waals surface area (Å²) < 4.78 is 17.4. The maximum atomic E-state index is 12.4. The van der Waals surface area contributed by atoms with Crippen LogP contribution in [0.4, 0.5) is 0 Å². The third kappa shape index (κ3) is 4.92. The van der Waals surface area contributed by atoms with Gasteiger partial charge in [0, 0.05) is 6.42 Å². The molecule has 0 aliphatic carbocycles. The van der Waals surface area contributed by atoms with E-state index in [0.717, 1.165) is 5.56 Å². The topological polar surface area (TPSA) is 104 Å². The first-order valence-electron chi connectivity index (χ1n) is 7.11. The largest absolute Gasteiger partial charge is 0.461 e. The van der Waals surface area contributed by atoms with E-state index in [0.29, 0.717) is 0 Å². The van der Waals surface area contributed by atoms with Crippen LogP contribution in [0.5, 0.6) is 0 Å². The molecule has 0 spiro atoms. The van der Waals surface area contributed by atoms with Crippen LogP contribution in [0.1, 0.15) is 32.3 Å². The van der Waals surface area contributed by atoms with Gasteiger partial charge < -0.3 is 24.6 Å². The summed E-state index contributed by atoms with van der Waals surface area (Å²) in [5.41, 5.74) is 0.843. The van der Waals surface area contributed by atoms with E-state index < -0.39 is 30.6 Å². The Balaban J connectivity index is 2.47. The summed E-state index contributed by atoms with van der Waals surface area (Å²) in [5.74, 6) is -4.67. The lowest BCUT2D eigenvalue weighted by Gasteiger charge is -2.28. The van der Waals surface area contributed by atoms with E-state index >= 15 is 0 Å². The van der Waals surface area contributed by atoms with Crippen molar-refractivity contribution in [3.8, 4) is 0 Å². The predicted molar refractivity (Wildman–Crippen MR) is 82.4 cm³/mol. The third-order valence-corrected chi connectivity index (χ3v) is 7.01. The summed E-state index contributed by atoms with van der Waals surface area (Å²) in [7, 11) is -3.63. The molecule has 0 heterocycles. The van der Waals surface area contributed by atoms with Gasteiger partial charge >= 0.3 is 5.97 Å². The molecule has 0 amide bonds. The van der Waals surface area contributed by atoms with Gasteiger partial charge in [0.15, 0.2) is 7.14 Å². The minimum atomic E-state index is -3.63. The van der Waals surface area contributed by atoms with Crippen LogP contribution in [-0.4, -0.2) is 38.8 Å². The van der Waals surface area contributed by atoms with Crippen LogP contribution in [0.3, 0.4) is 0 Å². The lowest BCUT2D eigenvalue weighted by molar-refractivity contribution is -0.145. The second kappa shape index (κ2) is 8.44. The molecule has 1 aromatic rings. The van der Waals surface area contributed by atoms with Gasteiger partial charge in [-0.3, -0.25) is 4.79 Å². The van der Waals surface area contributed by atoms with Gasteiger partial charge in [0.05, 0.1) is 0 Å². The average molecular weight is 330 g/mol. The standard InChI is InChI=1S/C15H23O6P/c1-11(16)22(20,12(2)17)15(19)9-8-14(18)21-10-13-6-4-3-5-7-13/h3-7,11-12,15-17,19H,8-10H2,1-2H3. The van der Waals surface area contributed by atoms with Gasteiger partial charge in [-0.15, -0.1) is 0 Å². The monoisotopic (exact) mass is 330 g/mol. The Morgan fingerprint density at radius 3 is 2.18 bits per heavy atom. The zero-order chi connectivity index (χ0) is 16.8. The molecule has 0 bridgehead atoms. The molecule has 3 N–H and O–H groups in total. The Labute approximate surface area is 130 Å². The van der Waals surface area contributed by atoms with E-state index in [9.17, 15) is 24.7 Å². The first kappa shape index (κ1) is 18.8. The van der Waals surface area contributed by atoms with Crippen molar-refractivity contribution in [2.45, 2.75) is 50.8 Å². The fourth-order valence-electron chi connectivity index (χ4n) is 2.07. The van der Waals surface area contributed by atoms with Crippen molar-refractivity contribution in [2.75, 3.05) is 0 Å². The SMILES string of the molecule is CC(O)P(=O)(C(C)O)C(O)CCC(=O)OCc1ccccc1. The van der Waals surface area contributed by atoms with Crippen LogP contribution < -0.4 is 0 Å². The smallest absolute Gasteiger partial charge is 0.306 e. The molecule has 0 aliphatic heterocycles. The molecule has 1 rings (SSSR count). The molecule has 0 radical (unpaired) electrons. The second-order valence-corrected chi connectivity index (χ2v) is 8.81. The molecule has 0 fully saturated rings. The van der Waals surface area contributed by atoms with Crippen molar-refractivity contribution >= 4 is 13.1 Å². The number of esters is 1. The summed E-state index contributed by atoms with van der Waals surface area (Å²) in [5, 5.41) is 29.0. The molecule has 3 atom stereocenters. The second-order valence-electron chi connectivity index (χ2n) is 5.19. The highest BCUT2D eigenvalue weighted by molar-refractivity contribution is 7.65. The number of aliphatic hydroxyl groups is 3. The van der Waals surface area contributed by atoms with Crippen molar-refractivity contribution in [3.05, 3.63) is 35.9 Å². The number of aliphatic hydroxyl groups excluding tert-OH is 3. The molecular formula is C15H23O6P. The summed E-state index contributed by atoms with van der Waals surface area (Å²) in [6, 6.07) is 9.14. The van der Waals surface area contributed by atoms with Gasteiger partial charge in [0.25, 0.3) is 0 Å². The molecular weight excluding hydrogens is 307 g/mol. The minimum Gasteiger partial charge on any atom is -0.461 e. The Morgan fingerprint density at radius 2 is 1.68 bits per heavy atom.